The summed E-state index contributed by atoms with van der Waals surface area (Å²) in [4.78, 5) is 9.38. The lowest BCUT2D eigenvalue weighted by Crippen LogP contribution is -1.94. The number of benzene rings is 7. The standard InChI is InChI=1S/C48H32N2/c1-3-13-33(14-4-1)35-23-25-41-43(31-35)47(39-19-11-17-37(29-39)45-21-7-9-27-49-45)42-26-24-36(34-15-5-2-6-16-34)32-44(42)48(41)40-20-12-18-38(30-40)46-22-8-10-28-50-46/h1-32H. The van der Waals surface area contributed by atoms with Crippen molar-refractivity contribution in [3.8, 4) is 67.0 Å². The number of hydrogen-bond donors (Lipinski definition) is 0. The molecule has 0 fully saturated rings. The van der Waals surface area contributed by atoms with E-state index in [4.69, 9.17) is 0 Å². The van der Waals surface area contributed by atoms with E-state index in [2.05, 4.69) is 168 Å². The minimum atomic E-state index is 0.960. The summed E-state index contributed by atoms with van der Waals surface area (Å²) < 4.78 is 0. The van der Waals surface area contributed by atoms with Crippen LogP contribution in [0.1, 0.15) is 0 Å². The third kappa shape index (κ3) is 5.43. The van der Waals surface area contributed by atoms with Gasteiger partial charge in [0, 0.05) is 23.5 Å². The SMILES string of the molecule is c1ccc(-c2ccc3c(-c4cccc(-c5ccccn5)c4)c4cc(-c5ccccc5)ccc4c(-c4cccc(-c5ccccn5)c4)c3c2)cc1. The van der Waals surface area contributed by atoms with Gasteiger partial charge in [0.1, 0.15) is 0 Å². The van der Waals surface area contributed by atoms with E-state index in [0.717, 1.165) is 33.6 Å². The summed E-state index contributed by atoms with van der Waals surface area (Å²) in [7, 11) is 0. The zero-order valence-corrected chi connectivity index (χ0v) is 27.4. The lowest BCUT2D eigenvalue weighted by atomic mass is 9.83. The van der Waals surface area contributed by atoms with Crippen LogP contribution in [-0.4, -0.2) is 9.97 Å². The van der Waals surface area contributed by atoms with Crippen LogP contribution >= 0.6 is 0 Å². The first-order valence-electron chi connectivity index (χ1n) is 17.0. The molecule has 2 heterocycles. The molecule has 0 aliphatic carbocycles. The Morgan fingerprint density at radius 2 is 0.640 bits per heavy atom. The maximum atomic E-state index is 4.69. The van der Waals surface area contributed by atoms with Crippen molar-refractivity contribution in [1.29, 1.82) is 0 Å². The Morgan fingerprint density at radius 3 is 1.06 bits per heavy atom. The van der Waals surface area contributed by atoms with Crippen LogP contribution in [-0.2, 0) is 0 Å². The molecule has 7 aromatic carbocycles. The van der Waals surface area contributed by atoms with Crippen molar-refractivity contribution in [2.75, 3.05) is 0 Å². The number of aromatic nitrogens is 2. The third-order valence-electron chi connectivity index (χ3n) is 9.55. The molecule has 9 aromatic rings. The highest BCUT2D eigenvalue weighted by Crippen LogP contribution is 2.46. The maximum absolute atomic E-state index is 4.69. The summed E-state index contributed by atoms with van der Waals surface area (Å²) >= 11 is 0. The van der Waals surface area contributed by atoms with Gasteiger partial charge in [-0.15, -0.1) is 0 Å². The summed E-state index contributed by atoms with van der Waals surface area (Å²) in [6.45, 7) is 0. The van der Waals surface area contributed by atoms with Crippen molar-refractivity contribution in [3.63, 3.8) is 0 Å². The van der Waals surface area contributed by atoms with Gasteiger partial charge < -0.3 is 0 Å². The number of nitrogens with zero attached hydrogens (tertiary/aromatic N) is 2. The molecule has 0 bridgehead atoms. The van der Waals surface area contributed by atoms with Crippen molar-refractivity contribution >= 4 is 21.5 Å². The lowest BCUT2D eigenvalue weighted by Gasteiger charge is -2.20. The summed E-state index contributed by atoms with van der Waals surface area (Å²) in [6.07, 6.45) is 3.72. The van der Waals surface area contributed by atoms with Crippen LogP contribution in [0, 0.1) is 0 Å². The van der Waals surface area contributed by atoms with Gasteiger partial charge in [0.05, 0.1) is 11.4 Å². The molecular formula is C48H32N2. The Balaban J connectivity index is 1.40. The summed E-state index contributed by atoms with van der Waals surface area (Å²) in [5, 5.41) is 4.84. The molecule has 0 amide bonds. The lowest BCUT2D eigenvalue weighted by molar-refractivity contribution is 1.33. The average molecular weight is 637 g/mol. The topological polar surface area (TPSA) is 25.8 Å². The number of fused-ring (bicyclic) bond motifs is 2. The van der Waals surface area contributed by atoms with Crippen LogP contribution in [0.5, 0.6) is 0 Å². The van der Waals surface area contributed by atoms with E-state index in [0.29, 0.717) is 0 Å². The van der Waals surface area contributed by atoms with Crippen molar-refractivity contribution < 1.29 is 0 Å². The van der Waals surface area contributed by atoms with Crippen LogP contribution in [0.2, 0.25) is 0 Å². The number of hydrogen-bond acceptors (Lipinski definition) is 2. The molecule has 50 heavy (non-hydrogen) atoms. The first kappa shape index (κ1) is 29.5. The quantitative estimate of drug-likeness (QED) is 0.170. The Labute approximate surface area is 292 Å². The van der Waals surface area contributed by atoms with Gasteiger partial charge in [0.15, 0.2) is 0 Å². The second kappa shape index (κ2) is 12.8. The fourth-order valence-electron chi connectivity index (χ4n) is 7.21. The zero-order chi connectivity index (χ0) is 33.3. The molecule has 234 valence electrons. The van der Waals surface area contributed by atoms with Gasteiger partial charge in [-0.25, -0.2) is 0 Å². The molecular weight excluding hydrogens is 605 g/mol. The largest absolute Gasteiger partial charge is 0.256 e. The highest BCUT2D eigenvalue weighted by Gasteiger charge is 2.19. The van der Waals surface area contributed by atoms with Crippen molar-refractivity contribution in [3.05, 3.63) is 194 Å². The third-order valence-corrected chi connectivity index (χ3v) is 9.55. The molecule has 2 nitrogen and oxygen atoms in total. The average Bonchev–Trinajstić information content (AvgIpc) is 3.21. The van der Waals surface area contributed by atoms with E-state index in [9.17, 15) is 0 Å². The second-order valence-corrected chi connectivity index (χ2v) is 12.6. The molecule has 0 unspecified atom stereocenters. The molecule has 9 rings (SSSR count). The molecule has 2 heteroatoms. The van der Waals surface area contributed by atoms with Gasteiger partial charge in [-0.3, -0.25) is 9.97 Å². The van der Waals surface area contributed by atoms with Crippen molar-refractivity contribution in [1.82, 2.24) is 9.97 Å². The zero-order valence-electron chi connectivity index (χ0n) is 27.4. The Hall–Kier alpha value is -6.64. The molecule has 0 radical (unpaired) electrons. The summed E-state index contributed by atoms with van der Waals surface area (Å²) in [5.41, 5.74) is 13.6. The van der Waals surface area contributed by atoms with E-state index in [1.165, 1.54) is 54.9 Å². The number of rotatable bonds is 6. The van der Waals surface area contributed by atoms with Gasteiger partial charge in [0.25, 0.3) is 0 Å². The minimum Gasteiger partial charge on any atom is -0.256 e. The predicted molar refractivity (Wildman–Crippen MR) is 210 cm³/mol. The first-order chi connectivity index (χ1) is 24.8. The summed E-state index contributed by atoms with van der Waals surface area (Å²) in [6, 6.07) is 65.1. The van der Waals surface area contributed by atoms with Gasteiger partial charge in [-0.05, 0) is 115 Å². The fraction of sp³-hybridized carbons (Fsp3) is 0. The summed E-state index contributed by atoms with van der Waals surface area (Å²) in [5.74, 6) is 0. The van der Waals surface area contributed by atoms with E-state index in [1.807, 2.05) is 36.7 Å². The highest BCUT2D eigenvalue weighted by atomic mass is 14.7. The molecule has 0 aliphatic heterocycles. The normalized spacial score (nSPS) is 11.2. The van der Waals surface area contributed by atoms with E-state index >= 15 is 0 Å². The smallest absolute Gasteiger partial charge is 0.0702 e. The van der Waals surface area contributed by atoms with Gasteiger partial charge in [-0.2, -0.15) is 0 Å². The van der Waals surface area contributed by atoms with Gasteiger partial charge >= 0.3 is 0 Å². The molecule has 0 N–H and O–H groups in total. The van der Waals surface area contributed by atoms with Crippen LogP contribution in [0.15, 0.2) is 194 Å². The van der Waals surface area contributed by atoms with Crippen LogP contribution < -0.4 is 0 Å². The van der Waals surface area contributed by atoms with Crippen LogP contribution in [0.3, 0.4) is 0 Å². The Morgan fingerprint density at radius 1 is 0.240 bits per heavy atom. The monoisotopic (exact) mass is 636 g/mol. The Kier molecular flexibility index (Phi) is 7.53. The fourth-order valence-corrected chi connectivity index (χ4v) is 7.21. The van der Waals surface area contributed by atoms with E-state index in [1.54, 1.807) is 0 Å². The van der Waals surface area contributed by atoms with Crippen LogP contribution in [0.25, 0.3) is 88.6 Å². The molecule has 0 atom stereocenters. The molecule has 0 saturated carbocycles. The van der Waals surface area contributed by atoms with E-state index in [-0.39, 0.29) is 0 Å². The second-order valence-electron chi connectivity index (χ2n) is 12.6. The van der Waals surface area contributed by atoms with E-state index < -0.39 is 0 Å². The van der Waals surface area contributed by atoms with Gasteiger partial charge in [0.2, 0.25) is 0 Å². The molecule has 0 spiro atoms. The molecule has 0 saturated heterocycles. The minimum absolute atomic E-state index is 0.960. The van der Waals surface area contributed by atoms with Crippen molar-refractivity contribution in [2.24, 2.45) is 0 Å². The van der Waals surface area contributed by atoms with Crippen molar-refractivity contribution in [2.45, 2.75) is 0 Å². The maximum Gasteiger partial charge on any atom is 0.0702 e. The Bertz CT molecular complexity index is 2430. The van der Waals surface area contributed by atoms with Gasteiger partial charge in [-0.1, -0.05) is 133 Å². The molecule has 0 aliphatic rings. The molecule has 2 aromatic heterocycles. The number of pyridine rings is 2. The first-order valence-corrected chi connectivity index (χ1v) is 17.0. The predicted octanol–water partition coefficient (Wildman–Crippen LogP) is 12.8. The van der Waals surface area contributed by atoms with Crippen LogP contribution in [0.4, 0.5) is 0 Å². The highest BCUT2D eigenvalue weighted by molar-refractivity contribution is 6.22.